The Kier molecular flexibility index (Phi) is 6.27. The molecule has 1 atom stereocenters. The molecular weight excluding hydrogens is 259 g/mol. The number of likely N-dealkylation sites (N-methyl/N-ethyl adjacent to an activating group) is 1. The summed E-state index contributed by atoms with van der Waals surface area (Å²) >= 11 is 7.50. The molecule has 0 saturated carbocycles. The first kappa shape index (κ1) is 14.8. The number of nitrogens with two attached hydrogens (primary N) is 1. The minimum absolute atomic E-state index is 0.0978. The van der Waals surface area contributed by atoms with Gasteiger partial charge in [0, 0.05) is 35.5 Å². The van der Waals surface area contributed by atoms with Crippen LogP contribution in [-0.2, 0) is 0 Å². The summed E-state index contributed by atoms with van der Waals surface area (Å²) < 4.78 is 13.8. The van der Waals surface area contributed by atoms with Gasteiger partial charge in [0.05, 0.1) is 0 Å². The van der Waals surface area contributed by atoms with Crippen molar-refractivity contribution in [2.24, 2.45) is 5.73 Å². The highest BCUT2D eigenvalue weighted by atomic mass is 35.5. The lowest BCUT2D eigenvalue weighted by atomic mass is 10.1. The first-order valence-corrected chi connectivity index (χ1v) is 7.21. The molecule has 1 aromatic rings. The van der Waals surface area contributed by atoms with Gasteiger partial charge in [-0.15, -0.1) is 0 Å². The van der Waals surface area contributed by atoms with Gasteiger partial charge in [-0.3, -0.25) is 4.90 Å². The van der Waals surface area contributed by atoms with Gasteiger partial charge in [-0.25, -0.2) is 4.39 Å². The SMILES string of the molecule is CSCCN(C)C(CN)c1ccc(Cl)cc1F. The summed E-state index contributed by atoms with van der Waals surface area (Å²) in [5.74, 6) is 0.714. The van der Waals surface area contributed by atoms with E-state index in [0.29, 0.717) is 17.1 Å². The molecule has 0 fully saturated rings. The first-order valence-electron chi connectivity index (χ1n) is 5.44. The topological polar surface area (TPSA) is 29.3 Å². The maximum Gasteiger partial charge on any atom is 0.129 e. The van der Waals surface area contributed by atoms with E-state index in [1.54, 1.807) is 23.9 Å². The zero-order valence-corrected chi connectivity index (χ0v) is 11.7. The molecule has 96 valence electrons. The highest BCUT2D eigenvalue weighted by molar-refractivity contribution is 7.98. The van der Waals surface area contributed by atoms with E-state index in [-0.39, 0.29) is 11.9 Å². The van der Waals surface area contributed by atoms with Crippen molar-refractivity contribution in [1.82, 2.24) is 4.90 Å². The molecule has 0 bridgehead atoms. The van der Waals surface area contributed by atoms with Crippen molar-refractivity contribution in [2.45, 2.75) is 6.04 Å². The summed E-state index contributed by atoms with van der Waals surface area (Å²) in [5.41, 5.74) is 6.35. The smallest absolute Gasteiger partial charge is 0.129 e. The molecule has 5 heteroatoms. The Morgan fingerprint density at radius 2 is 2.24 bits per heavy atom. The van der Waals surface area contributed by atoms with E-state index in [0.717, 1.165) is 12.3 Å². The van der Waals surface area contributed by atoms with Crippen molar-refractivity contribution in [3.05, 3.63) is 34.6 Å². The quantitative estimate of drug-likeness (QED) is 0.866. The van der Waals surface area contributed by atoms with Gasteiger partial charge in [0.15, 0.2) is 0 Å². The van der Waals surface area contributed by atoms with Crippen LogP contribution in [0.1, 0.15) is 11.6 Å². The monoisotopic (exact) mass is 276 g/mol. The van der Waals surface area contributed by atoms with E-state index in [9.17, 15) is 4.39 Å². The van der Waals surface area contributed by atoms with E-state index in [1.807, 2.05) is 13.3 Å². The second-order valence-corrected chi connectivity index (χ2v) is 5.31. The molecule has 0 radical (unpaired) electrons. The summed E-state index contributed by atoms with van der Waals surface area (Å²) in [7, 11) is 1.96. The predicted octanol–water partition coefficient (Wildman–Crippen LogP) is 2.77. The molecule has 1 rings (SSSR count). The molecule has 0 aromatic heterocycles. The molecule has 2 nitrogen and oxygen atoms in total. The lowest BCUT2D eigenvalue weighted by Crippen LogP contribution is -2.32. The number of benzene rings is 1. The van der Waals surface area contributed by atoms with E-state index < -0.39 is 0 Å². The predicted molar refractivity (Wildman–Crippen MR) is 74.2 cm³/mol. The van der Waals surface area contributed by atoms with Crippen LogP contribution in [0.4, 0.5) is 4.39 Å². The van der Waals surface area contributed by atoms with Crippen LogP contribution in [0.15, 0.2) is 18.2 Å². The fraction of sp³-hybridized carbons (Fsp3) is 0.500. The van der Waals surface area contributed by atoms with Gasteiger partial charge in [-0.1, -0.05) is 17.7 Å². The molecule has 1 aromatic carbocycles. The fourth-order valence-electron chi connectivity index (χ4n) is 1.71. The van der Waals surface area contributed by atoms with Crippen LogP contribution in [0, 0.1) is 5.82 Å². The molecule has 0 amide bonds. The Labute approximate surface area is 111 Å². The van der Waals surface area contributed by atoms with Crippen LogP contribution in [0.25, 0.3) is 0 Å². The average Bonchev–Trinajstić information content (AvgIpc) is 2.30. The fourth-order valence-corrected chi connectivity index (χ4v) is 2.34. The molecule has 0 aliphatic rings. The molecule has 2 N–H and O–H groups in total. The zero-order valence-electron chi connectivity index (χ0n) is 10.1. The molecule has 17 heavy (non-hydrogen) atoms. The number of hydrogen-bond donors (Lipinski definition) is 1. The summed E-state index contributed by atoms with van der Waals surface area (Å²) in [6, 6.07) is 4.65. The lowest BCUT2D eigenvalue weighted by molar-refractivity contribution is 0.260. The van der Waals surface area contributed by atoms with Gasteiger partial charge in [-0.05, 0) is 25.4 Å². The molecule has 0 spiro atoms. The molecule has 1 unspecified atom stereocenters. The van der Waals surface area contributed by atoms with Crippen molar-refractivity contribution in [1.29, 1.82) is 0 Å². The molecular formula is C12H18ClFN2S. The second-order valence-electron chi connectivity index (χ2n) is 3.89. The van der Waals surface area contributed by atoms with Crippen LogP contribution < -0.4 is 5.73 Å². The highest BCUT2D eigenvalue weighted by Crippen LogP contribution is 2.24. The first-order chi connectivity index (χ1) is 8.10. The third-order valence-corrected chi connectivity index (χ3v) is 3.55. The Balaban J connectivity index is 2.85. The van der Waals surface area contributed by atoms with Gasteiger partial charge >= 0.3 is 0 Å². The highest BCUT2D eigenvalue weighted by Gasteiger charge is 2.18. The number of thioether (sulfide) groups is 1. The van der Waals surface area contributed by atoms with E-state index >= 15 is 0 Å². The van der Waals surface area contributed by atoms with Gasteiger partial charge in [0.25, 0.3) is 0 Å². The molecule has 0 heterocycles. The third kappa shape index (κ3) is 4.14. The van der Waals surface area contributed by atoms with Gasteiger partial charge in [-0.2, -0.15) is 11.8 Å². The van der Waals surface area contributed by atoms with Crippen molar-refractivity contribution in [2.75, 3.05) is 32.1 Å². The lowest BCUT2D eigenvalue weighted by Gasteiger charge is -2.27. The summed E-state index contributed by atoms with van der Waals surface area (Å²) in [5, 5.41) is 0.411. The van der Waals surface area contributed by atoms with Gasteiger partial charge < -0.3 is 5.73 Å². The van der Waals surface area contributed by atoms with E-state index in [1.165, 1.54) is 6.07 Å². The number of hydrogen-bond acceptors (Lipinski definition) is 3. The summed E-state index contributed by atoms with van der Waals surface area (Å²) in [6.07, 6.45) is 2.05. The standard InChI is InChI=1S/C12H18ClFN2S/c1-16(5-6-17-2)12(8-15)10-4-3-9(13)7-11(10)14/h3-4,7,12H,5-6,8,15H2,1-2H3. The minimum Gasteiger partial charge on any atom is -0.329 e. The Bertz CT molecular complexity index is 362. The molecule has 0 saturated heterocycles. The van der Waals surface area contributed by atoms with Crippen LogP contribution in [0.5, 0.6) is 0 Å². The Morgan fingerprint density at radius 1 is 1.53 bits per heavy atom. The number of halogens is 2. The van der Waals surface area contributed by atoms with Crippen molar-refractivity contribution in [3.8, 4) is 0 Å². The summed E-state index contributed by atoms with van der Waals surface area (Å²) in [6.45, 7) is 1.27. The van der Waals surface area contributed by atoms with Crippen molar-refractivity contribution < 1.29 is 4.39 Å². The summed E-state index contributed by atoms with van der Waals surface area (Å²) in [4.78, 5) is 2.07. The number of rotatable bonds is 6. The van der Waals surface area contributed by atoms with Crippen molar-refractivity contribution in [3.63, 3.8) is 0 Å². The Hall–Kier alpha value is -0.290. The van der Waals surface area contributed by atoms with Crippen LogP contribution in [0.2, 0.25) is 5.02 Å². The van der Waals surface area contributed by atoms with Crippen LogP contribution in [0.3, 0.4) is 0 Å². The molecule has 0 aliphatic heterocycles. The zero-order chi connectivity index (χ0) is 12.8. The largest absolute Gasteiger partial charge is 0.329 e. The second kappa shape index (κ2) is 7.21. The van der Waals surface area contributed by atoms with Crippen LogP contribution in [-0.4, -0.2) is 37.0 Å². The van der Waals surface area contributed by atoms with Crippen molar-refractivity contribution >= 4 is 23.4 Å². The van der Waals surface area contributed by atoms with Crippen LogP contribution >= 0.6 is 23.4 Å². The van der Waals surface area contributed by atoms with E-state index in [4.69, 9.17) is 17.3 Å². The van der Waals surface area contributed by atoms with E-state index in [2.05, 4.69) is 4.90 Å². The Morgan fingerprint density at radius 3 is 2.76 bits per heavy atom. The third-order valence-electron chi connectivity index (χ3n) is 2.72. The molecule has 0 aliphatic carbocycles. The number of nitrogens with zero attached hydrogens (tertiary/aromatic N) is 1. The maximum atomic E-state index is 13.8. The normalized spacial score (nSPS) is 13.1. The average molecular weight is 277 g/mol. The van der Waals surface area contributed by atoms with Gasteiger partial charge in [0.2, 0.25) is 0 Å². The minimum atomic E-state index is -0.288. The van der Waals surface area contributed by atoms with Gasteiger partial charge in [0.1, 0.15) is 5.82 Å². The maximum absolute atomic E-state index is 13.8.